The van der Waals surface area contributed by atoms with Crippen LogP contribution < -0.4 is 10.2 Å². The lowest BCUT2D eigenvalue weighted by Crippen LogP contribution is -2.52. The Morgan fingerprint density at radius 3 is 2.48 bits per heavy atom. The molecule has 1 N–H and O–H groups in total. The zero-order chi connectivity index (χ0) is 14.2. The Labute approximate surface area is 128 Å². The Morgan fingerprint density at radius 2 is 1.76 bits per heavy atom. The molecule has 0 saturated carbocycles. The van der Waals surface area contributed by atoms with E-state index >= 15 is 0 Å². The normalized spacial score (nSPS) is 23.2. The smallest absolute Gasteiger partial charge is 0.0401 e. The summed E-state index contributed by atoms with van der Waals surface area (Å²) in [5, 5.41) is 3.46. The van der Waals surface area contributed by atoms with Crippen molar-refractivity contribution in [2.24, 2.45) is 0 Å². The lowest BCUT2D eigenvalue weighted by atomic mass is 10.0. The van der Waals surface area contributed by atoms with E-state index in [4.69, 9.17) is 0 Å². The summed E-state index contributed by atoms with van der Waals surface area (Å²) < 4.78 is 0. The fourth-order valence-electron chi connectivity index (χ4n) is 4.09. The van der Waals surface area contributed by atoms with Gasteiger partial charge in [0.15, 0.2) is 0 Å². The largest absolute Gasteiger partial charge is 0.371 e. The first-order valence-electron chi connectivity index (χ1n) is 8.69. The van der Waals surface area contributed by atoms with E-state index in [9.17, 15) is 0 Å². The van der Waals surface area contributed by atoms with Gasteiger partial charge in [0, 0.05) is 51.0 Å². The minimum atomic E-state index is 0.817. The average Bonchev–Trinajstić information content (AvgIpc) is 3.33. The maximum atomic E-state index is 3.46. The second kappa shape index (κ2) is 5.62. The van der Waals surface area contributed by atoms with E-state index < -0.39 is 0 Å². The third kappa shape index (κ3) is 2.69. The second-order valence-electron chi connectivity index (χ2n) is 6.78. The first-order chi connectivity index (χ1) is 10.3. The molecular weight excluding hydrogens is 258 g/mol. The Morgan fingerprint density at radius 1 is 1.05 bits per heavy atom. The maximum Gasteiger partial charge on any atom is 0.0401 e. The summed E-state index contributed by atoms with van der Waals surface area (Å²) in [5.74, 6) is 0. The molecule has 1 aliphatic carbocycles. The number of rotatable bonds is 3. The van der Waals surface area contributed by atoms with Crippen molar-refractivity contribution in [3.8, 4) is 0 Å². The second-order valence-corrected chi connectivity index (χ2v) is 6.78. The van der Waals surface area contributed by atoms with Crippen LogP contribution in [0.5, 0.6) is 0 Å². The highest BCUT2D eigenvalue weighted by atomic mass is 15.2. The quantitative estimate of drug-likeness (QED) is 0.931. The maximum absolute atomic E-state index is 3.46. The number of hydrogen-bond acceptors (Lipinski definition) is 3. The molecule has 0 aromatic heterocycles. The molecular formula is C18H27N3. The molecule has 21 heavy (non-hydrogen) atoms. The van der Waals surface area contributed by atoms with E-state index in [2.05, 4.69) is 34.2 Å². The van der Waals surface area contributed by atoms with Gasteiger partial charge in [-0.3, -0.25) is 4.90 Å². The number of aryl methyl sites for hydroxylation is 1. The first kappa shape index (κ1) is 13.6. The van der Waals surface area contributed by atoms with E-state index in [1.54, 1.807) is 16.7 Å². The monoisotopic (exact) mass is 285 g/mol. The number of piperazine rings is 1. The van der Waals surface area contributed by atoms with Crippen molar-refractivity contribution < 1.29 is 0 Å². The van der Waals surface area contributed by atoms with Crippen LogP contribution in [0.15, 0.2) is 12.1 Å². The van der Waals surface area contributed by atoms with E-state index in [1.165, 1.54) is 70.6 Å². The van der Waals surface area contributed by atoms with Gasteiger partial charge in [-0.15, -0.1) is 0 Å². The summed E-state index contributed by atoms with van der Waals surface area (Å²) in [6, 6.07) is 5.74. The fraction of sp³-hybridized carbons (Fsp3) is 0.667. The highest BCUT2D eigenvalue weighted by Gasteiger charge is 2.28. The average molecular weight is 285 g/mol. The van der Waals surface area contributed by atoms with Crippen molar-refractivity contribution in [3.63, 3.8) is 0 Å². The van der Waals surface area contributed by atoms with Gasteiger partial charge in [-0.2, -0.15) is 0 Å². The van der Waals surface area contributed by atoms with Crippen LogP contribution in [0.3, 0.4) is 0 Å². The highest BCUT2D eigenvalue weighted by Crippen LogP contribution is 2.36. The number of benzene rings is 1. The third-order valence-corrected chi connectivity index (χ3v) is 5.51. The van der Waals surface area contributed by atoms with Gasteiger partial charge in [0.2, 0.25) is 0 Å². The van der Waals surface area contributed by atoms with Gasteiger partial charge in [0.1, 0.15) is 0 Å². The molecule has 0 spiro atoms. The molecule has 0 unspecified atom stereocenters. The molecule has 2 fully saturated rings. The summed E-state index contributed by atoms with van der Waals surface area (Å²) in [7, 11) is 0. The summed E-state index contributed by atoms with van der Waals surface area (Å²) in [6.07, 6.45) is 5.07. The molecule has 1 aromatic carbocycles. The lowest BCUT2D eigenvalue weighted by Gasteiger charge is -2.41. The van der Waals surface area contributed by atoms with E-state index in [-0.39, 0.29) is 0 Å². The van der Waals surface area contributed by atoms with E-state index in [1.807, 2.05) is 0 Å². The van der Waals surface area contributed by atoms with Gasteiger partial charge in [0.05, 0.1) is 0 Å². The van der Waals surface area contributed by atoms with Crippen molar-refractivity contribution >= 4 is 5.69 Å². The number of fused-ring (bicyclic) bond motifs is 1. The highest BCUT2D eigenvalue weighted by molar-refractivity contribution is 5.63. The molecule has 0 atom stereocenters. The minimum Gasteiger partial charge on any atom is -0.371 e. The zero-order valence-electron chi connectivity index (χ0n) is 13.2. The van der Waals surface area contributed by atoms with Crippen LogP contribution in [0.2, 0.25) is 0 Å². The molecule has 1 aromatic rings. The van der Waals surface area contributed by atoms with Gasteiger partial charge < -0.3 is 10.2 Å². The molecule has 4 rings (SSSR count). The van der Waals surface area contributed by atoms with Gasteiger partial charge in [-0.05, 0) is 48.4 Å². The van der Waals surface area contributed by atoms with Gasteiger partial charge in [-0.1, -0.05) is 13.0 Å². The van der Waals surface area contributed by atoms with Crippen molar-refractivity contribution in [2.75, 3.05) is 44.2 Å². The van der Waals surface area contributed by atoms with Crippen LogP contribution in [-0.4, -0.2) is 50.2 Å². The predicted molar refractivity (Wildman–Crippen MR) is 88.3 cm³/mol. The van der Waals surface area contributed by atoms with E-state index in [0.29, 0.717) is 0 Å². The Bertz CT molecular complexity index is 511. The number of nitrogens with zero attached hydrogens (tertiary/aromatic N) is 2. The summed E-state index contributed by atoms with van der Waals surface area (Å²) in [6.45, 7) is 9.59. The van der Waals surface area contributed by atoms with Crippen LogP contribution in [-0.2, 0) is 12.8 Å². The van der Waals surface area contributed by atoms with Crippen molar-refractivity contribution in [2.45, 2.75) is 38.6 Å². The fourth-order valence-corrected chi connectivity index (χ4v) is 4.09. The molecule has 3 heteroatoms. The SMILES string of the molecule is CCc1cc2c(cc1N1CCC(N3CCNCC3)CC1)C2. The van der Waals surface area contributed by atoms with Gasteiger partial charge in [0.25, 0.3) is 0 Å². The summed E-state index contributed by atoms with van der Waals surface area (Å²) >= 11 is 0. The molecule has 2 saturated heterocycles. The summed E-state index contributed by atoms with van der Waals surface area (Å²) in [4.78, 5) is 5.36. The number of anilines is 1. The Hall–Kier alpha value is -1.06. The minimum absolute atomic E-state index is 0.817. The molecule has 2 aliphatic heterocycles. The van der Waals surface area contributed by atoms with Crippen LogP contribution in [0.4, 0.5) is 5.69 Å². The van der Waals surface area contributed by atoms with Gasteiger partial charge in [-0.25, -0.2) is 0 Å². The molecule has 0 bridgehead atoms. The predicted octanol–water partition coefficient (Wildman–Crippen LogP) is 2.03. The van der Waals surface area contributed by atoms with Crippen LogP contribution >= 0.6 is 0 Å². The Kier molecular flexibility index (Phi) is 3.64. The molecule has 2 heterocycles. The molecule has 114 valence electrons. The lowest BCUT2D eigenvalue weighted by molar-refractivity contribution is 0.150. The van der Waals surface area contributed by atoms with Crippen LogP contribution in [0.1, 0.15) is 36.5 Å². The van der Waals surface area contributed by atoms with Crippen molar-refractivity contribution in [3.05, 3.63) is 28.8 Å². The van der Waals surface area contributed by atoms with Crippen LogP contribution in [0.25, 0.3) is 0 Å². The van der Waals surface area contributed by atoms with Crippen LogP contribution in [0, 0.1) is 0 Å². The van der Waals surface area contributed by atoms with Crippen molar-refractivity contribution in [1.82, 2.24) is 10.2 Å². The number of nitrogens with one attached hydrogen (secondary N) is 1. The summed E-state index contributed by atoms with van der Waals surface area (Å²) in [5.41, 5.74) is 6.28. The standard InChI is InChI=1S/C18H27N3/c1-2-14-11-15-12-16(15)13-18(14)21-7-3-17(4-8-21)20-9-5-19-6-10-20/h11,13,17,19H,2-10,12H2,1H3. The third-order valence-electron chi connectivity index (χ3n) is 5.51. The zero-order valence-corrected chi connectivity index (χ0v) is 13.2. The molecule has 0 amide bonds. The number of hydrogen-bond donors (Lipinski definition) is 1. The topological polar surface area (TPSA) is 18.5 Å². The first-order valence-corrected chi connectivity index (χ1v) is 8.69. The Balaban J connectivity index is 1.42. The van der Waals surface area contributed by atoms with E-state index in [0.717, 1.165) is 6.04 Å². The van der Waals surface area contributed by atoms with Crippen molar-refractivity contribution in [1.29, 1.82) is 0 Å². The molecule has 3 nitrogen and oxygen atoms in total. The number of piperidine rings is 1. The molecule has 3 aliphatic rings. The molecule has 0 radical (unpaired) electrons. The van der Waals surface area contributed by atoms with Gasteiger partial charge >= 0.3 is 0 Å².